The second-order valence-corrected chi connectivity index (χ2v) is 5.76. The van der Waals surface area contributed by atoms with Crippen molar-refractivity contribution in [1.29, 1.82) is 0 Å². The molecule has 0 saturated carbocycles. The minimum Gasteiger partial charge on any atom is -0.480 e. The van der Waals surface area contributed by atoms with E-state index in [1.165, 1.54) is 0 Å². The fraction of sp³-hybridized carbons (Fsp3) is 0.857. The summed E-state index contributed by atoms with van der Waals surface area (Å²) in [5.74, 6) is -0.902. The SMILES string of the molecule is CCCN(C(=O)N1CCCCC1(C)C(=O)O)C(C)C. The van der Waals surface area contributed by atoms with Gasteiger partial charge in [-0.05, 0) is 46.5 Å². The van der Waals surface area contributed by atoms with E-state index in [1.54, 1.807) is 16.7 Å². The molecular weight excluding hydrogens is 244 g/mol. The van der Waals surface area contributed by atoms with Crippen LogP contribution in [0.15, 0.2) is 0 Å². The largest absolute Gasteiger partial charge is 0.480 e. The zero-order chi connectivity index (χ0) is 14.6. The number of hydrogen-bond acceptors (Lipinski definition) is 2. The van der Waals surface area contributed by atoms with E-state index in [0.717, 1.165) is 19.3 Å². The lowest BCUT2D eigenvalue weighted by Gasteiger charge is -2.44. The smallest absolute Gasteiger partial charge is 0.329 e. The topological polar surface area (TPSA) is 60.9 Å². The van der Waals surface area contributed by atoms with Gasteiger partial charge in [0.25, 0.3) is 0 Å². The van der Waals surface area contributed by atoms with Gasteiger partial charge in [-0.15, -0.1) is 0 Å². The number of rotatable bonds is 4. The highest BCUT2D eigenvalue weighted by Gasteiger charge is 2.45. The lowest BCUT2D eigenvalue weighted by molar-refractivity contribution is -0.150. The number of carboxylic acid groups (broad SMARTS) is 1. The molecule has 0 aromatic carbocycles. The molecule has 1 N–H and O–H groups in total. The molecule has 1 unspecified atom stereocenters. The van der Waals surface area contributed by atoms with Gasteiger partial charge in [-0.25, -0.2) is 9.59 Å². The Morgan fingerprint density at radius 1 is 1.37 bits per heavy atom. The van der Waals surface area contributed by atoms with Crippen molar-refractivity contribution in [2.45, 2.75) is 65.0 Å². The summed E-state index contributed by atoms with van der Waals surface area (Å²) in [5, 5.41) is 9.45. The second-order valence-electron chi connectivity index (χ2n) is 5.76. The van der Waals surface area contributed by atoms with E-state index >= 15 is 0 Å². The van der Waals surface area contributed by atoms with Crippen LogP contribution in [-0.2, 0) is 4.79 Å². The summed E-state index contributed by atoms with van der Waals surface area (Å²) in [6.45, 7) is 8.83. The van der Waals surface area contributed by atoms with Gasteiger partial charge in [0.2, 0.25) is 0 Å². The van der Waals surface area contributed by atoms with E-state index in [4.69, 9.17) is 0 Å². The number of urea groups is 1. The average molecular weight is 270 g/mol. The van der Waals surface area contributed by atoms with Gasteiger partial charge in [0.1, 0.15) is 5.54 Å². The van der Waals surface area contributed by atoms with Crippen molar-refractivity contribution in [3.8, 4) is 0 Å². The van der Waals surface area contributed by atoms with Crippen LogP contribution in [0.3, 0.4) is 0 Å². The van der Waals surface area contributed by atoms with Gasteiger partial charge in [0.05, 0.1) is 0 Å². The number of amides is 2. The van der Waals surface area contributed by atoms with E-state index in [9.17, 15) is 14.7 Å². The molecular formula is C14H26N2O3. The van der Waals surface area contributed by atoms with E-state index in [1.807, 2.05) is 20.8 Å². The third-order valence-corrected chi connectivity index (χ3v) is 3.92. The molecule has 1 aliphatic heterocycles. The highest BCUT2D eigenvalue weighted by molar-refractivity contribution is 5.86. The van der Waals surface area contributed by atoms with Crippen molar-refractivity contribution in [1.82, 2.24) is 9.80 Å². The van der Waals surface area contributed by atoms with Gasteiger partial charge in [0.15, 0.2) is 0 Å². The van der Waals surface area contributed by atoms with Gasteiger partial charge in [-0.3, -0.25) is 0 Å². The number of piperidine rings is 1. The van der Waals surface area contributed by atoms with Gasteiger partial charge in [-0.1, -0.05) is 6.92 Å². The molecule has 0 aromatic rings. The van der Waals surface area contributed by atoms with Crippen LogP contribution >= 0.6 is 0 Å². The number of nitrogens with zero attached hydrogens (tertiary/aromatic N) is 2. The molecule has 2 amide bonds. The summed E-state index contributed by atoms with van der Waals surface area (Å²) in [6.07, 6.45) is 3.16. The number of hydrogen-bond donors (Lipinski definition) is 1. The Labute approximate surface area is 115 Å². The van der Waals surface area contributed by atoms with E-state index in [0.29, 0.717) is 19.5 Å². The number of carboxylic acids is 1. The van der Waals surface area contributed by atoms with Crippen LogP contribution in [0.1, 0.15) is 53.4 Å². The molecule has 0 aliphatic carbocycles. The van der Waals surface area contributed by atoms with Crippen molar-refractivity contribution >= 4 is 12.0 Å². The van der Waals surface area contributed by atoms with Crippen molar-refractivity contribution in [3.05, 3.63) is 0 Å². The molecule has 1 saturated heterocycles. The van der Waals surface area contributed by atoms with Crippen molar-refractivity contribution < 1.29 is 14.7 Å². The predicted molar refractivity (Wildman–Crippen MR) is 74.1 cm³/mol. The van der Waals surface area contributed by atoms with Crippen molar-refractivity contribution in [3.63, 3.8) is 0 Å². The molecule has 1 atom stereocenters. The molecule has 5 nitrogen and oxygen atoms in total. The molecule has 0 bridgehead atoms. The molecule has 1 aliphatic rings. The highest BCUT2D eigenvalue weighted by atomic mass is 16.4. The Morgan fingerprint density at radius 3 is 2.47 bits per heavy atom. The van der Waals surface area contributed by atoms with Crippen LogP contribution in [0, 0.1) is 0 Å². The Balaban J connectivity index is 2.96. The van der Waals surface area contributed by atoms with Gasteiger partial charge < -0.3 is 14.9 Å². The van der Waals surface area contributed by atoms with Crippen molar-refractivity contribution in [2.75, 3.05) is 13.1 Å². The van der Waals surface area contributed by atoms with Gasteiger partial charge >= 0.3 is 12.0 Å². The van der Waals surface area contributed by atoms with Crippen LogP contribution < -0.4 is 0 Å². The molecule has 19 heavy (non-hydrogen) atoms. The van der Waals surface area contributed by atoms with Gasteiger partial charge in [-0.2, -0.15) is 0 Å². The molecule has 0 aromatic heterocycles. The Hall–Kier alpha value is -1.26. The maximum atomic E-state index is 12.6. The summed E-state index contributed by atoms with van der Waals surface area (Å²) >= 11 is 0. The quantitative estimate of drug-likeness (QED) is 0.854. The van der Waals surface area contributed by atoms with E-state index < -0.39 is 11.5 Å². The lowest BCUT2D eigenvalue weighted by Crippen LogP contribution is -2.61. The average Bonchev–Trinajstić information content (AvgIpc) is 2.35. The fourth-order valence-electron chi connectivity index (χ4n) is 2.62. The van der Waals surface area contributed by atoms with Gasteiger partial charge in [0, 0.05) is 19.1 Å². The van der Waals surface area contributed by atoms with Crippen molar-refractivity contribution in [2.24, 2.45) is 0 Å². The highest BCUT2D eigenvalue weighted by Crippen LogP contribution is 2.29. The summed E-state index contributed by atoms with van der Waals surface area (Å²) < 4.78 is 0. The second kappa shape index (κ2) is 6.26. The molecule has 5 heteroatoms. The summed E-state index contributed by atoms with van der Waals surface area (Å²) in [6, 6.07) is -0.0473. The van der Waals surface area contributed by atoms with Crippen LogP contribution in [0.2, 0.25) is 0 Å². The van der Waals surface area contributed by atoms with E-state index in [-0.39, 0.29) is 12.1 Å². The van der Waals surface area contributed by atoms with Crippen LogP contribution in [-0.4, -0.2) is 51.6 Å². The first-order chi connectivity index (χ1) is 8.84. The maximum absolute atomic E-state index is 12.6. The molecule has 1 rings (SSSR count). The summed E-state index contributed by atoms with van der Waals surface area (Å²) in [4.78, 5) is 27.5. The standard InChI is InChI=1S/C14H26N2O3/c1-5-9-15(11(2)3)13(19)16-10-7-6-8-14(16,4)12(17)18/h11H,5-10H2,1-4H3,(H,17,18). The minimum absolute atomic E-state index is 0.0902. The zero-order valence-corrected chi connectivity index (χ0v) is 12.5. The number of carbonyl (C=O) groups is 2. The predicted octanol–water partition coefficient (Wildman–Crippen LogP) is 2.56. The lowest BCUT2D eigenvalue weighted by atomic mass is 9.88. The van der Waals surface area contributed by atoms with Crippen LogP contribution in [0.5, 0.6) is 0 Å². The molecule has 110 valence electrons. The molecule has 1 fully saturated rings. The molecule has 0 spiro atoms. The monoisotopic (exact) mass is 270 g/mol. The Kier molecular flexibility index (Phi) is 5.20. The summed E-state index contributed by atoms with van der Waals surface area (Å²) in [5.41, 5.74) is -1.06. The first-order valence-electron chi connectivity index (χ1n) is 7.16. The number of likely N-dealkylation sites (tertiary alicyclic amines) is 1. The first kappa shape index (κ1) is 15.8. The Bertz CT molecular complexity index is 344. The third kappa shape index (κ3) is 3.19. The van der Waals surface area contributed by atoms with Crippen LogP contribution in [0.4, 0.5) is 4.79 Å². The fourth-order valence-corrected chi connectivity index (χ4v) is 2.62. The normalized spacial score (nSPS) is 23.5. The number of aliphatic carboxylic acids is 1. The third-order valence-electron chi connectivity index (χ3n) is 3.92. The minimum atomic E-state index is -1.06. The summed E-state index contributed by atoms with van der Waals surface area (Å²) in [7, 11) is 0. The maximum Gasteiger partial charge on any atom is 0.329 e. The Morgan fingerprint density at radius 2 is 2.00 bits per heavy atom. The van der Waals surface area contributed by atoms with Crippen LogP contribution in [0.25, 0.3) is 0 Å². The van der Waals surface area contributed by atoms with E-state index in [2.05, 4.69) is 0 Å². The molecule has 1 heterocycles. The first-order valence-corrected chi connectivity index (χ1v) is 7.16. The zero-order valence-electron chi connectivity index (χ0n) is 12.5. The number of carbonyl (C=O) groups excluding carboxylic acids is 1. The molecule has 0 radical (unpaired) electrons.